The molecule has 0 radical (unpaired) electrons. The van der Waals surface area contributed by atoms with E-state index in [1.165, 1.54) is 14.2 Å². The van der Waals surface area contributed by atoms with Gasteiger partial charge in [-0.25, -0.2) is 0 Å². The Hall–Kier alpha value is -2.15. The first kappa shape index (κ1) is 13.9. The van der Waals surface area contributed by atoms with Crippen LogP contribution in [0.5, 0.6) is 11.5 Å². The predicted molar refractivity (Wildman–Crippen MR) is 70.0 cm³/mol. The van der Waals surface area contributed by atoms with Crippen molar-refractivity contribution < 1.29 is 14.3 Å². The number of hydrogen-bond acceptors (Lipinski definition) is 3. The Bertz CT molecular complexity index is 463. The van der Waals surface area contributed by atoms with Gasteiger partial charge in [-0.15, -0.1) is 6.42 Å². The molecule has 18 heavy (non-hydrogen) atoms. The van der Waals surface area contributed by atoms with Crippen molar-refractivity contribution in [3.8, 4) is 23.8 Å². The fourth-order valence-electron chi connectivity index (χ4n) is 1.66. The van der Waals surface area contributed by atoms with Crippen LogP contribution in [0.2, 0.25) is 0 Å². The van der Waals surface area contributed by atoms with Gasteiger partial charge in [0, 0.05) is 6.54 Å². The van der Waals surface area contributed by atoms with E-state index in [4.69, 9.17) is 15.9 Å². The van der Waals surface area contributed by atoms with Crippen LogP contribution in [0, 0.1) is 12.3 Å². The van der Waals surface area contributed by atoms with E-state index in [1.807, 2.05) is 6.92 Å². The van der Waals surface area contributed by atoms with Gasteiger partial charge in [-0.05, 0) is 19.1 Å². The van der Waals surface area contributed by atoms with Crippen molar-refractivity contribution in [1.29, 1.82) is 0 Å². The van der Waals surface area contributed by atoms with E-state index < -0.39 is 0 Å². The fraction of sp³-hybridized carbons (Fsp3) is 0.357. The molecule has 0 heterocycles. The summed E-state index contributed by atoms with van der Waals surface area (Å²) in [6, 6.07) is 5.19. The summed E-state index contributed by atoms with van der Waals surface area (Å²) >= 11 is 0. The first-order valence-electron chi connectivity index (χ1n) is 5.63. The van der Waals surface area contributed by atoms with Crippen molar-refractivity contribution in [2.45, 2.75) is 6.92 Å². The smallest absolute Gasteiger partial charge is 0.258 e. The summed E-state index contributed by atoms with van der Waals surface area (Å²) in [7, 11) is 3.04. The highest BCUT2D eigenvalue weighted by molar-refractivity contribution is 5.98. The van der Waals surface area contributed by atoms with E-state index in [2.05, 4.69) is 5.92 Å². The molecule has 1 aromatic carbocycles. The van der Waals surface area contributed by atoms with Crippen LogP contribution < -0.4 is 9.47 Å². The van der Waals surface area contributed by atoms with Gasteiger partial charge in [0.05, 0.1) is 26.3 Å². The van der Waals surface area contributed by atoms with E-state index in [-0.39, 0.29) is 12.5 Å². The van der Waals surface area contributed by atoms with E-state index >= 15 is 0 Å². The maximum absolute atomic E-state index is 12.3. The molecule has 0 aromatic heterocycles. The van der Waals surface area contributed by atoms with Crippen molar-refractivity contribution in [2.24, 2.45) is 0 Å². The van der Waals surface area contributed by atoms with Crippen LogP contribution in [0.1, 0.15) is 17.3 Å². The largest absolute Gasteiger partial charge is 0.493 e. The van der Waals surface area contributed by atoms with Gasteiger partial charge in [-0.2, -0.15) is 0 Å². The Labute approximate surface area is 107 Å². The maximum Gasteiger partial charge on any atom is 0.258 e. The fourth-order valence-corrected chi connectivity index (χ4v) is 1.66. The molecule has 4 nitrogen and oxygen atoms in total. The molecule has 1 amide bonds. The lowest BCUT2D eigenvalue weighted by Crippen LogP contribution is -2.31. The predicted octanol–water partition coefficient (Wildman–Crippen LogP) is 1.80. The number of ether oxygens (including phenoxy) is 2. The van der Waals surface area contributed by atoms with Crippen molar-refractivity contribution >= 4 is 5.91 Å². The lowest BCUT2D eigenvalue weighted by atomic mass is 10.1. The molecule has 0 fully saturated rings. The zero-order valence-corrected chi connectivity index (χ0v) is 10.9. The molecule has 4 heteroatoms. The minimum atomic E-state index is -0.161. The molecule has 0 unspecified atom stereocenters. The van der Waals surface area contributed by atoms with Crippen LogP contribution in [-0.4, -0.2) is 38.1 Å². The average Bonchev–Trinajstić information content (AvgIpc) is 2.42. The number of hydrogen-bond donors (Lipinski definition) is 0. The Kier molecular flexibility index (Phi) is 5.06. The maximum atomic E-state index is 12.3. The quantitative estimate of drug-likeness (QED) is 0.745. The van der Waals surface area contributed by atoms with Crippen molar-refractivity contribution in [3.05, 3.63) is 23.8 Å². The third kappa shape index (κ3) is 2.75. The number of para-hydroxylation sites is 1. The van der Waals surface area contributed by atoms with Gasteiger partial charge in [0.25, 0.3) is 5.91 Å². The van der Waals surface area contributed by atoms with E-state index in [1.54, 1.807) is 23.1 Å². The lowest BCUT2D eigenvalue weighted by Gasteiger charge is -2.20. The number of terminal acetylenes is 1. The SMILES string of the molecule is C#CCN(CC)C(=O)c1cccc(OC)c1OC. The summed E-state index contributed by atoms with van der Waals surface area (Å²) in [6.45, 7) is 2.70. The summed E-state index contributed by atoms with van der Waals surface area (Å²) < 4.78 is 10.4. The van der Waals surface area contributed by atoms with E-state index in [0.29, 0.717) is 23.6 Å². The molecule has 0 saturated carbocycles. The van der Waals surface area contributed by atoms with Crippen LogP contribution in [0.4, 0.5) is 0 Å². The minimum absolute atomic E-state index is 0.161. The summed E-state index contributed by atoms with van der Waals surface area (Å²) in [5.74, 6) is 3.27. The highest BCUT2D eigenvalue weighted by atomic mass is 16.5. The number of carbonyl (C=O) groups is 1. The summed E-state index contributed by atoms with van der Waals surface area (Å²) in [5.41, 5.74) is 0.453. The molecule has 0 spiro atoms. The molecule has 96 valence electrons. The Morgan fingerprint density at radius 2 is 2.11 bits per heavy atom. The standard InChI is InChI=1S/C14H17NO3/c1-5-10-15(6-2)14(16)11-8-7-9-12(17-3)13(11)18-4/h1,7-9H,6,10H2,2-4H3. The number of benzene rings is 1. The van der Waals surface area contributed by atoms with Gasteiger partial charge < -0.3 is 14.4 Å². The molecule has 0 bridgehead atoms. The van der Waals surface area contributed by atoms with Gasteiger partial charge in [0.2, 0.25) is 0 Å². The monoisotopic (exact) mass is 247 g/mol. The molecule has 0 aliphatic rings. The normalized spacial score (nSPS) is 9.44. The Morgan fingerprint density at radius 3 is 2.61 bits per heavy atom. The van der Waals surface area contributed by atoms with Crippen LogP contribution in [0.25, 0.3) is 0 Å². The van der Waals surface area contributed by atoms with Gasteiger partial charge >= 0.3 is 0 Å². The molecule has 1 aromatic rings. The highest BCUT2D eigenvalue weighted by Gasteiger charge is 2.20. The van der Waals surface area contributed by atoms with Gasteiger partial charge in [-0.3, -0.25) is 4.79 Å². The molecule has 0 aliphatic carbocycles. The van der Waals surface area contributed by atoms with Gasteiger partial charge in [0.15, 0.2) is 11.5 Å². The minimum Gasteiger partial charge on any atom is -0.493 e. The van der Waals surface area contributed by atoms with Gasteiger partial charge in [-0.1, -0.05) is 12.0 Å². The van der Waals surface area contributed by atoms with Crippen LogP contribution in [0.15, 0.2) is 18.2 Å². The molecule has 1 rings (SSSR count). The number of rotatable bonds is 5. The van der Waals surface area contributed by atoms with Crippen molar-refractivity contribution in [3.63, 3.8) is 0 Å². The molecule has 0 atom stereocenters. The van der Waals surface area contributed by atoms with Crippen LogP contribution in [-0.2, 0) is 0 Å². The summed E-state index contributed by atoms with van der Waals surface area (Å²) in [5, 5.41) is 0. The van der Waals surface area contributed by atoms with Crippen LogP contribution in [0.3, 0.4) is 0 Å². The number of amides is 1. The third-order valence-corrected chi connectivity index (χ3v) is 2.58. The first-order valence-corrected chi connectivity index (χ1v) is 5.63. The zero-order valence-electron chi connectivity index (χ0n) is 10.9. The van der Waals surface area contributed by atoms with Crippen molar-refractivity contribution in [2.75, 3.05) is 27.3 Å². The summed E-state index contributed by atoms with van der Waals surface area (Å²) in [6.07, 6.45) is 5.25. The average molecular weight is 247 g/mol. The lowest BCUT2D eigenvalue weighted by molar-refractivity contribution is 0.0781. The van der Waals surface area contributed by atoms with E-state index in [0.717, 1.165) is 0 Å². The number of nitrogens with zero attached hydrogens (tertiary/aromatic N) is 1. The second-order valence-electron chi connectivity index (χ2n) is 3.56. The third-order valence-electron chi connectivity index (χ3n) is 2.58. The molecule has 0 saturated heterocycles. The van der Waals surface area contributed by atoms with Crippen LogP contribution >= 0.6 is 0 Å². The number of methoxy groups -OCH3 is 2. The number of carbonyl (C=O) groups excluding carboxylic acids is 1. The highest BCUT2D eigenvalue weighted by Crippen LogP contribution is 2.31. The Morgan fingerprint density at radius 1 is 1.39 bits per heavy atom. The first-order chi connectivity index (χ1) is 8.69. The summed E-state index contributed by atoms with van der Waals surface area (Å²) in [4.78, 5) is 13.9. The molecule has 0 N–H and O–H groups in total. The molecular weight excluding hydrogens is 230 g/mol. The second kappa shape index (κ2) is 6.55. The molecule has 0 aliphatic heterocycles. The van der Waals surface area contributed by atoms with Crippen molar-refractivity contribution in [1.82, 2.24) is 4.90 Å². The second-order valence-corrected chi connectivity index (χ2v) is 3.56. The van der Waals surface area contributed by atoms with Gasteiger partial charge in [0.1, 0.15) is 0 Å². The Balaban J connectivity index is 3.16. The zero-order chi connectivity index (χ0) is 13.5. The van der Waals surface area contributed by atoms with E-state index in [9.17, 15) is 4.79 Å². The molecular formula is C14H17NO3. The topological polar surface area (TPSA) is 38.8 Å².